The Balaban J connectivity index is 1.79. The summed E-state index contributed by atoms with van der Waals surface area (Å²) in [7, 11) is 4.24. The van der Waals surface area contributed by atoms with Gasteiger partial charge in [0.1, 0.15) is 0 Å². The van der Waals surface area contributed by atoms with E-state index in [1.165, 1.54) is 37.7 Å². The molecule has 1 fully saturated rings. The number of fused-ring (bicyclic) bond motifs is 1. The average molecular weight is 394 g/mol. The van der Waals surface area contributed by atoms with Crippen molar-refractivity contribution in [3.8, 4) is 0 Å². The predicted octanol–water partition coefficient (Wildman–Crippen LogP) is 4.82. The van der Waals surface area contributed by atoms with Crippen molar-refractivity contribution in [3.63, 3.8) is 0 Å². The Hall–Kier alpha value is -0.840. The summed E-state index contributed by atoms with van der Waals surface area (Å²) in [4.78, 5) is 2.24. The smallest absolute Gasteiger partial charge is 0.0908 e. The topological polar surface area (TPSA) is 63.9 Å². The van der Waals surface area contributed by atoms with Crippen molar-refractivity contribution in [2.45, 2.75) is 89.8 Å². The van der Waals surface area contributed by atoms with Crippen molar-refractivity contribution < 1.29 is 15.3 Å². The lowest BCUT2D eigenvalue weighted by molar-refractivity contribution is 0.0352. The van der Waals surface area contributed by atoms with Gasteiger partial charge in [-0.3, -0.25) is 0 Å². The third kappa shape index (κ3) is 7.20. The number of aliphatic hydroxyl groups excluding tert-OH is 3. The Morgan fingerprint density at radius 3 is 2.64 bits per heavy atom. The first-order valence-electron chi connectivity index (χ1n) is 11.5. The molecule has 0 bridgehead atoms. The van der Waals surface area contributed by atoms with Crippen LogP contribution in [0.4, 0.5) is 0 Å². The molecule has 0 amide bonds. The fraction of sp³-hybridized carbons (Fsp3) is 0.833. The first-order chi connectivity index (χ1) is 13.4. The summed E-state index contributed by atoms with van der Waals surface area (Å²) in [6.07, 6.45) is 14.5. The highest BCUT2D eigenvalue weighted by molar-refractivity contribution is 5.20. The minimum absolute atomic E-state index is 0.148. The molecular formula is C24H43NO3. The van der Waals surface area contributed by atoms with Gasteiger partial charge in [0.15, 0.2) is 0 Å². The van der Waals surface area contributed by atoms with E-state index < -0.39 is 12.2 Å². The number of hydrogen-bond acceptors (Lipinski definition) is 4. The highest BCUT2D eigenvalue weighted by Crippen LogP contribution is 2.49. The van der Waals surface area contributed by atoms with Gasteiger partial charge in [-0.2, -0.15) is 0 Å². The maximum absolute atomic E-state index is 10.7. The third-order valence-electron chi connectivity index (χ3n) is 6.60. The number of hydrogen-bond donors (Lipinski definition) is 3. The van der Waals surface area contributed by atoms with Crippen LogP contribution in [-0.4, -0.2) is 53.1 Å². The van der Waals surface area contributed by atoms with Crippen LogP contribution in [-0.2, 0) is 0 Å². The number of unbranched alkanes of at least 4 members (excludes halogenated alkanes) is 5. The first kappa shape index (κ1) is 23.4. The number of rotatable bonds is 13. The Bertz CT molecular complexity index is 514. The SMILES string of the molecule is CCCCCCC(O)=CC(O)[C@@H]1[C@H]2CC(CCCCCN(C)C)=C[C@@H]2C[C@H]1O. The molecule has 3 N–H and O–H groups in total. The van der Waals surface area contributed by atoms with Gasteiger partial charge in [0.2, 0.25) is 0 Å². The molecule has 4 heteroatoms. The summed E-state index contributed by atoms with van der Waals surface area (Å²) >= 11 is 0. The van der Waals surface area contributed by atoms with Gasteiger partial charge in [-0.1, -0.05) is 44.3 Å². The molecule has 0 aliphatic heterocycles. The molecule has 1 unspecified atom stereocenters. The maximum atomic E-state index is 10.7. The monoisotopic (exact) mass is 393 g/mol. The van der Waals surface area contributed by atoms with Gasteiger partial charge in [0.05, 0.1) is 18.0 Å². The molecule has 0 heterocycles. The van der Waals surface area contributed by atoms with Crippen LogP contribution in [0.25, 0.3) is 0 Å². The molecule has 0 saturated heterocycles. The molecule has 2 aliphatic rings. The van der Waals surface area contributed by atoms with Crippen molar-refractivity contribution in [1.29, 1.82) is 0 Å². The van der Waals surface area contributed by atoms with Crippen LogP contribution in [0.15, 0.2) is 23.5 Å². The van der Waals surface area contributed by atoms with Gasteiger partial charge >= 0.3 is 0 Å². The fourth-order valence-corrected chi connectivity index (χ4v) is 5.08. The summed E-state index contributed by atoms with van der Waals surface area (Å²) in [5.41, 5.74) is 1.51. The van der Waals surface area contributed by atoms with E-state index in [0.29, 0.717) is 18.3 Å². The lowest BCUT2D eigenvalue weighted by Crippen LogP contribution is -2.31. The predicted molar refractivity (Wildman–Crippen MR) is 116 cm³/mol. The molecule has 5 atom stereocenters. The standard InChI is InChI=1S/C24H43NO3/c1-4-5-6-9-12-20(26)17-23(28)24-21-15-18(14-19(21)16-22(24)27)11-8-7-10-13-25(2)3/h14,17,19,21-24,26-28H,4-13,15-16H2,1-3H3/t19-,21+,22-,23?,24-/m1/s1. The second kappa shape index (κ2) is 12.0. The minimum Gasteiger partial charge on any atom is -0.513 e. The van der Waals surface area contributed by atoms with Crippen molar-refractivity contribution in [2.24, 2.45) is 17.8 Å². The van der Waals surface area contributed by atoms with E-state index in [1.807, 2.05) is 0 Å². The molecular weight excluding hydrogens is 350 g/mol. The zero-order chi connectivity index (χ0) is 20.5. The van der Waals surface area contributed by atoms with Crippen molar-refractivity contribution in [3.05, 3.63) is 23.5 Å². The van der Waals surface area contributed by atoms with Crippen LogP contribution >= 0.6 is 0 Å². The quantitative estimate of drug-likeness (QED) is 0.238. The van der Waals surface area contributed by atoms with Crippen LogP contribution in [0.2, 0.25) is 0 Å². The van der Waals surface area contributed by atoms with Crippen LogP contribution < -0.4 is 0 Å². The van der Waals surface area contributed by atoms with Crippen molar-refractivity contribution in [2.75, 3.05) is 20.6 Å². The van der Waals surface area contributed by atoms with E-state index in [0.717, 1.165) is 38.6 Å². The molecule has 4 nitrogen and oxygen atoms in total. The fourth-order valence-electron chi connectivity index (χ4n) is 5.08. The molecule has 0 spiro atoms. The van der Waals surface area contributed by atoms with Crippen LogP contribution in [0.1, 0.15) is 77.6 Å². The zero-order valence-corrected chi connectivity index (χ0v) is 18.3. The second-order valence-corrected chi connectivity index (χ2v) is 9.31. The molecule has 1 saturated carbocycles. The lowest BCUT2D eigenvalue weighted by atomic mass is 9.84. The molecule has 0 aromatic rings. The lowest BCUT2D eigenvalue weighted by Gasteiger charge is -2.25. The van der Waals surface area contributed by atoms with Gasteiger partial charge in [-0.05, 0) is 77.1 Å². The molecule has 162 valence electrons. The van der Waals surface area contributed by atoms with E-state index in [2.05, 4.69) is 32.0 Å². The Morgan fingerprint density at radius 1 is 1.18 bits per heavy atom. The summed E-state index contributed by atoms with van der Waals surface area (Å²) in [5.74, 6) is 0.856. The second-order valence-electron chi connectivity index (χ2n) is 9.31. The summed E-state index contributed by atoms with van der Waals surface area (Å²) in [6.45, 7) is 3.32. The number of nitrogens with zero attached hydrogens (tertiary/aromatic N) is 1. The highest BCUT2D eigenvalue weighted by atomic mass is 16.3. The largest absolute Gasteiger partial charge is 0.513 e. The maximum Gasteiger partial charge on any atom is 0.0908 e. The van der Waals surface area contributed by atoms with E-state index in [4.69, 9.17) is 0 Å². The van der Waals surface area contributed by atoms with E-state index in [1.54, 1.807) is 6.08 Å². The summed E-state index contributed by atoms with van der Waals surface area (Å²) in [5, 5.41) is 31.4. The molecule has 2 rings (SSSR count). The van der Waals surface area contributed by atoms with Crippen molar-refractivity contribution >= 4 is 0 Å². The van der Waals surface area contributed by atoms with Crippen LogP contribution in [0.3, 0.4) is 0 Å². The molecule has 0 aromatic carbocycles. The van der Waals surface area contributed by atoms with Gasteiger partial charge in [-0.25, -0.2) is 0 Å². The molecule has 28 heavy (non-hydrogen) atoms. The molecule has 2 aliphatic carbocycles. The number of allylic oxidation sites excluding steroid dienone is 3. The Morgan fingerprint density at radius 2 is 1.93 bits per heavy atom. The van der Waals surface area contributed by atoms with Gasteiger partial charge in [-0.15, -0.1) is 0 Å². The van der Waals surface area contributed by atoms with Gasteiger partial charge in [0, 0.05) is 12.3 Å². The van der Waals surface area contributed by atoms with Gasteiger partial charge < -0.3 is 20.2 Å². The molecule has 0 aromatic heterocycles. The van der Waals surface area contributed by atoms with Gasteiger partial charge in [0.25, 0.3) is 0 Å². The van der Waals surface area contributed by atoms with Crippen LogP contribution in [0, 0.1) is 17.8 Å². The first-order valence-corrected chi connectivity index (χ1v) is 11.5. The summed E-state index contributed by atoms with van der Waals surface area (Å²) in [6, 6.07) is 0. The zero-order valence-electron chi connectivity index (χ0n) is 18.3. The van der Waals surface area contributed by atoms with E-state index in [-0.39, 0.29) is 11.7 Å². The van der Waals surface area contributed by atoms with E-state index >= 15 is 0 Å². The third-order valence-corrected chi connectivity index (χ3v) is 6.60. The Kier molecular flexibility index (Phi) is 10.0. The van der Waals surface area contributed by atoms with E-state index in [9.17, 15) is 15.3 Å². The minimum atomic E-state index is -0.746. The summed E-state index contributed by atoms with van der Waals surface area (Å²) < 4.78 is 0. The normalized spacial score (nSPS) is 28.6. The van der Waals surface area contributed by atoms with Crippen LogP contribution in [0.5, 0.6) is 0 Å². The number of aliphatic hydroxyl groups is 3. The average Bonchev–Trinajstić information content (AvgIpc) is 3.13. The highest BCUT2D eigenvalue weighted by Gasteiger charge is 2.47. The molecule has 0 radical (unpaired) electrons. The van der Waals surface area contributed by atoms with Crippen molar-refractivity contribution in [1.82, 2.24) is 4.90 Å². The Labute approximate surface area is 172 Å².